The van der Waals surface area contributed by atoms with E-state index in [2.05, 4.69) is 35.2 Å². The van der Waals surface area contributed by atoms with Crippen LogP contribution in [0.25, 0.3) is 10.9 Å². The van der Waals surface area contributed by atoms with Crippen molar-refractivity contribution in [2.45, 2.75) is 36.9 Å². The van der Waals surface area contributed by atoms with Crippen LogP contribution in [0.15, 0.2) is 28.7 Å². The number of piperazine rings is 1. The molecular weight excluding hydrogens is 568 g/mol. The number of aromatic nitrogens is 3. The molecule has 15 heteroatoms. The number of carbonyl (C=O) groups excluding carboxylic acids is 2. The maximum Gasteiger partial charge on any atom is 0.413 e. The van der Waals surface area contributed by atoms with Crippen LogP contribution in [-0.4, -0.2) is 108 Å². The van der Waals surface area contributed by atoms with Gasteiger partial charge in [-0.05, 0) is 38.8 Å². The third kappa shape index (κ3) is 6.27. The van der Waals surface area contributed by atoms with Crippen LogP contribution >= 0.6 is 11.3 Å². The maximum atomic E-state index is 13.3. The van der Waals surface area contributed by atoms with Gasteiger partial charge in [0, 0.05) is 57.2 Å². The number of anilines is 2. The van der Waals surface area contributed by atoms with Crippen LogP contribution in [0.4, 0.5) is 15.7 Å². The quantitative estimate of drug-likeness (QED) is 0.394. The molecule has 0 bridgehead atoms. The van der Waals surface area contributed by atoms with Crippen molar-refractivity contribution in [3.63, 3.8) is 0 Å². The van der Waals surface area contributed by atoms with Gasteiger partial charge in [0.1, 0.15) is 12.1 Å². The van der Waals surface area contributed by atoms with E-state index in [1.807, 2.05) is 30.0 Å². The number of fused-ring (bicyclic) bond motifs is 1. The number of ether oxygens (including phenoxy) is 1. The Bertz CT molecular complexity index is 1530. The molecular formula is C26H34N8O5S2. The monoisotopic (exact) mass is 602 g/mol. The molecule has 2 saturated heterocycles. The molecule has 2 fully saturated rings. The molecule has 2 aliphatic rings. The Hall–Kier alpha value is -3.40. The number of carbonyl (C=O) groups is 2. The third-order valence-corrected chi connectivity index (χ3v) is 10.8. The molecule has 2 N–H and O–H groups in total. The number of amides is 2. The second-order valence-corrected chi connectivity index (χ2v) is 13.3. The third-order valence-electron chi connectivity index (χ3n) is 7.26. The van der Waals surface area contributed by atoms with Crippen LogP contribution in [0.1, 0.15) is 35.8 Å². The standard InChI is InChI=1S/C26H34N8O5S2/c1-17(29-22-19-7-6-8-20(21(19)27-16-28-22)23(35)33-9-4-5-10-33)15-32-11-13-34(14-12-32)41(37,38)24-18(2)30-25(40-24)31-26(36)39-3/h6-8,16-17H,4-5,9-15H2,1-3H3,(H,27,28,29)(H,30,31,36)/t17-/m0/s1. The Balaban J connectivity index is 1.20. The average Bonchev–Trinajstić information content (AvgIpc) is 3.63. The van der Waals surface area contributed by atoms with Crippen LogP contribution in [0.3, 0.4) is 0 Å². The number of hydrogen-bond acceptors (Lipinski definition) is 11. The summed E-state index contributed by atoms with van der Waals surface area (Å²) in [4.78, 5) is 41.7. The van der Waals surface area contributed by atoms with Crippen molar-refractivity contribution in [1.82, 2.24) is 29.1 Å². The lowest BCUT2D eigenvalue weighted by Crippen LogP contribution is -2.50. The van der Waals surface area contributed by atoms with Gasteiger partial charge in [-0.25, -0.2) is 28.2 Å². The molecule has 220 valence electrons. The molecule has 0 unspecified atom stereocenters. The highest BCUT2D eigenvalue weighted by Gasteiger charge is 2.32. The molecule has 0 saturated carbocycles. The molecule has 0 aliphatic carbocycles. The molecule has 5 rings (SSSR count). The summed E-state index contributed by atoms with van der Waals surface area (Å²) in [6.07, 6.45) is 2.83. The number of hydrogen-bond donors (Lipinski definition) is 2. The molecule has 13 nitrogen and oxygen atoms in total. The summed E-state index contributed by atoms with van der Waals surface area (Å²) in [6, 6.07) is 5.61. The van der Waals surface area contributed by atoms with E-state index in [1.165, 1.54) is 17.7 Å². The maximum absolute atomic E-state index is 13.3. The van der Waals surface area contributed by atoms with E-state index in [0.29, 0.717) is 55.3 Å². The first kappa shape index (κ1) is 29.1. The van der Waals surface area contributed by atoms with E-state index in [1.54, 1.807) is 6.92 Å². The minimum absolute atomic E-state index is 0.00287. The molecule has 1 atom stereocenters. The van der Waals surface area contributed by atoms with E-state index in [0.717, 1.165) is 42.7 Å². The lowest BCUT2D eigenvalue weighted by Gasteiger charge is -2.35. The number of thiazole rings is 1. The van der Waals surface area contributed by atoms with Crippen molar-refractivity contribution in [3.8, 4) is 0 Å². The van der Waals surface area contributed by atoms with Gasteiger partial charge in [-0.3, -0.25) is 15.0 Å². The van der Waals surface area contributed by atoms with Crippen LogP contribution < -0.4 is 10.6 Å². The molecule has 0 radical (unpaired) electrons. The zero-order valence-electron chi connectivity index (χ0n) is 23.3. The zero-order valence-corrected chi connectivity index (χ0v) is 24.9. The number of likely N-dealkylation sites (tertiary alicyclic amines) is 1. The smallest absolute Gasteiger partial charge is 0.413 e. The van der Waals surface area contributed by atoms with Crippen LogP contribution in [0.2, 0.25) is 0 Å². The van der Waals surface area contributed by atoms with Gasteiger partial charge in [0.2, 0.25) is 0 Å². The van der Waals surface area contributed by atoms with E-state index in [-0.39, 0.29) is 21.3 Å². The van der Waals surface area contributed by atoms with Gasteiger partial charge >= 0.3 is 6.09 Å². The minimum Gasteiger partial charge on any atom is -0.453 e. The van der Waals surface area contributed by atoms with E-state index in [4.69, 9.17) is 0 Å². The molecule has 2 aromatic heterocycles. The highest BCUT2D eigenvalue weighted by atomic mass is 32.2. The number of nitrogens with zero attached hydrogens (tertiary/aromatic N) is 6. The van der Waals surface area contributed by atoms with Crippen molar-refractivity contribution in [3.05, 3.63) is 35.8 Å². The Morgan fingerprint density at radius 1 is 1.10 bits per heavy atom. The van der Waals surface area contributed by atoms with E-state index in [9.17, 15) is 18.0 Å². The molecule has 2 amide bonds. The van der Waals surface area contributed by atoms with Crippen molar-refractivity contribution in [2.24, 2.45) is 0 Å². The second-order valence-electron chi connectivity index (χ2n) is 10.2. The number of methoxy groups -OCH3 is 1. The number of nitrogens with one attached hydrogen (secondary N) is 2. The Morgan fingerprint density at radius 3 is 2.54 bits per heavy atom. The summed E-state index contributed by atoms with van der Waals surface area (Å²) >= 11 is 0.915. The zero-order chi connectivity index (χ0) is 29.1. The number of benzene rings is 1. The molecule has 0 spiro atoms. The number of aryl methyl sites for hydroxylation is 1. The lowest BCUT2D eigenvalue weighted by molar-refractivity contribution is 0.0794. The summed E-state index contributed by atoms with van der Waals surface area (Å²) in [5, 5.41) is 6.86. The van der Waals surface area contributed by atoms with Gasteiger partial charge in [0.15, 0.2) is 9.34 Å². The summed E-state index contributed by atoms with van der Waals surface area (Å²) in [6.45, 7) is 7.69. The van der Waals surface area contributed by atoms with Gasteiger partial charge in [0.25, 0.3) is 15.9 Å². The predicted molar refractivity (Wildman–Crippen MR) is 156 cm³/mol. The predicted octanol–water partition coefficient (Wildman–Crippen LogP) is 2.62. The molecule has 1 aromatic carbocycles. The first-order valence-corrected chi connectivity index (χ1v) is 15.8. The van der Waals surface area contributed by atoms with E-state index >= 15 is 0 Å². The minimum atomic E-state index is -3.75. The average molecular weight is 603 g/mol. The van der Waals surface area contributed by atoms with Gasteiger partial charge < -0.3 is 15.0 Å². The summed E-state index contributed by atoms with van der Waals surface area (Å²) in [5.74, 6) is 0.667. The van der Waals surface area contributed by atoms with Gasteiger partial charge in [0.05, 0.1) is 23.9 Å². The first-order valence-electron chi connectivity index (χ1n) is 13.5. The highest BCUT2D eigenvalue weighted by molar-refractivity contribution is 7.91. The number of rotatable bonds is 8. The number of sulfonamides is 1. The van der Waals surface area contributed by atoms with Crippen molar-refractivity contribution in [2.75, 3.05) is 63.6 Å². The fourth-order valence-corrected chi connectivity index (χ4v) is 8.17. The topological polar surface area (TPSA) is 150 Å². The Labute approximate surface area is 243 Å². The molecule has 3 aromatic rings. The van der Waals surface area contributed by atoms with Gasteiger partial charge in [-0.15, -0.1) is 0 Å². The molecule has 2 aliphatic heterocycles. The van der Waals surface area contributed by atoms with E-state index < -0.39 is 16.1 Å². The lowest BCUT2D eigenvalue weighted by atomic mass is 10.1. The first-order chi connectivity index (χ1) is 19.7. The van der Waals surface area contributed by atoms with Crippen LogP contribution in [0, 0.1) is 6.92 Å². The summed E-state index contributed by atoms with van der Waals surface area (Å²) in [5.41, 5.74) is 1.56. The fourth-order valence-electron chi connectivity index (χ4n) is 5.22. The van der Waals surface area contributed by atoms with Gasteiger partial charge in [-0.2, -0.15) is 4.31 Å². The molecule has 4 heterocycles. The molecule has 41 heavy (non-hydrogen) atoms. The van der Waals surface area contributed by atoms with Crippen molar-refractivity contribution in [1.29, 1.82) is 0 Å². The Morgan fingerprint density at radius 2 is 1.83 bits per heavy atom. The summed E-state index contributed by atoms with van der Waals surface area (Å²) < 4.78 is 32.8. The number of para-hydroxylation sites is 1. The summed E-state index contributed by atoms with van der Waals surface area (Å²) in [7, 11) is -2.52. The van der Waals surface area contributed by atoms with Crippen molar-refractivity contribution < 1.29 is 22.7 Å². The second kappa shape index (κ2) is 12.2. The normalized spacial score (nSPS) is 17.5. The van der Waals surface area contributed by atoms with Crippen LogP contribution in [-0.2, 0) is 14.8 Å². The fraction of sp³-hybridized carbons (Fsp3) is 0.500. The van der Waals surface area contributed by atoms with Crippen molar-refractivity contribution >= 4 is 55.2 Å². The van der Waals surface area contributed by atoms with Gasteiger partial charge in [-0.1, -0.05) is 17.4 Å². The SMILES string of the molecule is COC(=O)Nc1nc(C)c(S(=O)(=O)N2CCN(C[C@H](C)Nc3ncnc4c(C(=O)N5CCCC5)cccc34)CC2)s1. The largest absolute Gasteiger partial charge is 0.453 e. The Kier molecular flexibility index (Phi) is 8.68. The van der Waals surface area contributed by atoms with Crippen LogP contribution in [0.5, 0.6) is 0 Å². The highest BCUT2D eigenvalue weighted by Crippen LogP contribution is 2.30.